The van der Waals surface area contributed by atoms with Crippen molar-refractivity contribution in [1.82, 2.24) is 0 Å². The zero-order valence-corrected chi connectivity index (χ0v) is 31.2. The zero-order valence-electron chi connectivity index (χ0n) is 25.2. The Hall–Kier alpha value is -0.339. The van der Waals surface area contributed by atoms with E-state index in [1.165, 1.54) is 19.9 Å². The van der Waals surface area contributed by atoms with Gasteiger partial charge >= 0.3 is 15.5 Å². The Morgan fingerprint density at radius 1 is 1.00 bits per heavy atom. The summed E-state index contributed by atoms with van der Waals surface area (Å²) in [5, 5.41) is 1.13. The topological polar surface area (TPSA) is 48.0 Å². The number of benzene rings is 1. The Bertz CT molecular complexity index is 874. The first-order valence-electron chi connectivity index (χ1n) is 13.6. The smallest absolute Gasteiger partial charge is 0.397 e. The van der Waals surface area contributed by atoms with Gasteiger partial charge in [-0.25, -0.2) is 0 Å². The molecule has 0 saturated carbocycles. The molecule has 0 unspecified atom stereocenters. The van der Waals surface area contributed by atoms with Gasteiger partial charge < -0.3 is 17.2 Å². The molecule has 0 spiro atoms. The molecule has 0 N–H and O–H groups in total. The highest BCUT2D eigenvalue weighted by Gasteiger charge is 2.35. The van der Waals surface area contributed by atoms with Crippen LogP contribution in [0.2, 0.25) is 76.6 Å². The number of amides is 1. The SMILES string of the molecule is CN(C(=O)CC(F)(F)F)c1cccc([Si](C)(C)CC[Si](C)(C)O[Si](CCCCC[Si]O[Si](C)C)O[Si](C)C)c1. The monoisotopic (exact) mass is 650 g/mol. The molecule has 39 heavy (non-hydrogen) atoms. The maximum atomic E-state index is 12.7. The Labute approximate surface area is 244 Å². The first-order valence-corrected chi connectivity index (χ1v) is 27.4. The molecule has 0 saturated heterocycles. The number of nitrogens with zero attached hydrogens (tertiary/aromatic N) is 1. The lowest BCUT2D eigenvalue weighted by atomic mass is 10.2. The van der Waals surface area contributed by atoms with E-state index in [1.807, 2.05) is 18.2 Å². The first kappa shape index (κ1) is 36.7. The number of unbranched alkanes of at least 4 members (excludes halogenated alkanes) is 2. The first-order chi connectivity index (χ1) is 17.9. The van der Waals surface area contributed by atoms with Gasteiger partial charge in [-0.3, -0.25) is 4.79 Å². The molecule has 1 amide bonds. The predicted molar refractivity (Wildman–Crippen MR) is 168 cm³/mol. The lowest BCUT2D eigenvalue weighted by molar-refractivity contribution is -0.151. The minimum absolute atomic E-state index is 0.507. The average molecular weight is 651 g/mol. The van der Waals surface area contributed by atoms with Gasteiger partial charge in [0.15, 0.2) is 26.4 Å². The molecule has 0 bridgehead atoms. The molecule has 221 valence electrons. The van der Waals surface area contributed by atoms with Crippen molar-refractivity contribution < 1.29 is 30.3 Å². The summed E-state index contributed by atoms with van der Waals surface area (Å²) in [6.45, 7) is 17.8. The minimum Gasteiger partial charge on any atom is -0.456 e. The molecule has 0 aliphatic rings. The summed E-state index contributed by atoms with van der Waals surface area (Å²) in [6, 6.07) is 11.7. The lowest BCUT2D eigenvalue weighted by Crippen LogP contribution is -2.46. The third-order valence-electron chi connectivity index (χ3n) is 6.24. The second-order valence-corrected chi connectivity index (χ2v) is 28.6. The molecular weight excluding hydrogens is 604 g/mol. The lowest BCUT2D eigenvalue weighted by Gasteiger charge is -2.32. The van der Waals surface area contributed by atoms with Crippen molar-refractivity contribution in [2.24, 2.45) is 0 Å². The fourth-order valence-corrected chi connectivity index (χ4v) is 18.7. The van der Waals surface area contributed by atoms with Crippen LogP contribution >= 0.6 is 0 Å². The highest BCUT2D eigenvalue weighted by molar-refractivity contribution is 6.91. The summed E-state index contributed by atoms with van der Waals surface area (Å²) in [7, 11) is -4.62. The van der Waals surface area contributed by atoms with Crippen LogP contribution in [0.4, 0.5) is 18.9 Å². The molecule has 0 heterocycles. The molecule has 1 rings (SSSR count). The summed E-state index contributed by atoms with van der Waals surface area (Å²) in [4.78, 5) is 13.2. The van der Waals surface area contributed by atoms with Gasteiger partial charge in [-0.1, -0.05) is 55.7 Å². The minimum atomic E-state index is -4.52. The standard InChI is InChI=1S/C25H47F3NO4Si6/c1-29(24(30)21-25(26,27)28)22-14-13-15-23(20-22)38(6,7)18-19-39(8,9)33-37(32-36(4)5)17-12-10-11-16-34-31-35(2)3/h13-15,20H,10-12,16-19,21H2,1-9H3. The quantitative estimate of drug-likeness (QED) is 0.127. The summed E-state index contributed by atoms with van der Waals surface area (Å²) in [6.07, 6.45) is -2.47. The maximum Gasteiger partial charge on any atom is 0.397 e. The van der Waals surface area contributed by atoms with E-state index < -0.39 is 62.3 Å². The molecule has 0 fully saturated rings. The van der Waals surface area contributed by atoms with Gasteiger partial charge in [0, 0.05) is 12.7 Å². The second kappa shape index (κ2) is 16.9. The fourth-order valence-electron chi connectivity index (χ4n) is 3.88. The third kappa shape index (κ3) is 16.0. The largest absolute Gasteiger partial charge is 0.456 e. The van der Waals surface area contributed by atoms with Crippen LogP contribution in [0, 0.1) is 0 Å². The highest BCUT2D eigenvalue weighted by atomic mass is 28.4. The van der Waals surface area contributed by atoms with Crippen LogP contribution in [0.3, 0.4) is 0 Å². The van der Waals surface area contributed by atoms with Crippen molar-refractivity contribution >= 4 is 70.3 Å². The Morgan fingerprint density at radius 2 is 1.67 bits per heavy atom. The molecule has 5 nitrogen and oxygen atoms in total. The van der Waals surface area contributed by atoms with Gasteiger partial charge in [0.1, 0.15) is 6.42 Å². The van der Waals surface area contributed by atoms with E-state index in [4.69, 9.17) is 12.3 Å². The second-order valence-electron chi connectivity index (χ2n) is 11.6. The van der Waals surface area contributed by atoms with Crippen molar-refractivity contribution in [3.8, 4) is 0 Å². The van der Waals surface area contributed by atoms with Crippen LogP contribution in [0.1, 0.15) is 25.7 Å². The van der Waals surface area contributed by atoms with E-state index in [2.05, 4.69) is 52.4 Å². The number of alkyl halides is 3. The number of halogens is 3. The molecule has 0 aromatic heterocycles. The van der Waals surface area contributed by atoms with Crippen LogP contribution in [-0.2, 0) is 17.1 Å². The predicted octanol–water partition coefficient (Wildman–Crippen LogP) is 6.97. The molecule has 0 atom stereocenters. The van der Waals surface area contributed by atoms with E-state index in [-0.39, 0.29) is 0 Å². The van der Waals surface area contributed by atoms with Crippen molar-refractivity contribution in [2.75, 3.05) is 11.9 Å². The van der Waals surface area contributed by atoms with Crippen molar-refractivity contribution in [2.45, 2.75) is 108 Å². The van der Waals surface area contributed by atoms with Crippen molar-refractivity contribution in [1.29, 1.82) is 0 Å². The van der Waals surface area contributed by atoms with Gasteiger partial charge in [0.25, 0.3) is 0 Å². The molecule has 14 heteroatoms. The molecule has 0 aliphatic carbocycles. The zero-order chi connectivity index (χ0) is 29.9. The Kier molecular flexibility index (Phi) is 15.9. The van der Waals surface area contributed by atoms with Gasteiger partial charge in [0.05, 0.1) is 8.07 Å². The van der Waals surface area contributed by atoms with E-state index in [9.17, 15) is 18.0 Å². The summed E-state index contributed by atoms with van der Waals surface area (Å²) < 4.78 is 57.0. The highest BCUT2D eigenvalue weighted by Crippen LogP contribution is 2.26. The van der Waals surface area contributed by atoms with Gasteiger partial charge in [-0.2, -0.15) is 13.2 Å². The summed E-state index contributed by atoms with van der Waals surface area (Å²) >= 11 is 0. The van der Waals surface area contributed by atoms with Crippen LogP contribution in [0.5, 0.6) is 0 Å². The molecule has 1 aromatic carbocycles. The molecule has 0 aliphatic heterocycles. The number of rotatable bonds is 18. The molecule has 1 aromatic rings. The van der Waals surface area contributed by atoms with Crippen LogP contribution < -0.4 is 10.1 Å². The Balaban J connectivity index is 2.73. The van der Waals surface area contributed by atoms with E-state index in [0.29, 0.717) is 15.5 Å². The third-order valence-corrected chi connectivity index (χ3v) is 20.8. The normalized spacial score (nSPS) is 13.1. The molecule has 5 radical (unpaired) electrons. The van der Waals surface area contributed by atoms with Gasteiger partial charge in [-0.15, -0.1) is 0 Å². The number of hydrogen-bond acceptors (Lipinski definition) is 4. The van der Waals surface area contributed by atoms with Crippen molar-refractivity contribution in [3.63, 3.8) is 0 Å². The average Bonchev–Trinajstić information content (AvgIpc) is 2.80. The fraction of sp³-hybridized carbons (Fsp3) is 0.720. The Morgan fingerprint density at radius 3 is 2.26 bits per heavy atom. The maximum absolute atomic E-state index is 12.7. The number of anilines is 1. The number of hydrogen-bond donors (Lipinski definition) is 0. The van der Waals surface area contributed by atoms with E-state index in [0.717, 1.165) is 40.7 Å². The van der Waals surface area contributed by atoms with Crippen LogP contribution in [-0.4, -0.2) is 72.6 Å². The van der Waals surface area contributed by atoms with Gasteiger partial charge in [-0.05, 0) is 69.5 Å². The van der Waals surface area contributed by atoms with Crippen LogP contribution in [0.15, 0.2) is 24.3 Å². The summed E-state index contributed by atoms with van der Waals surface area (Å²) in [5.41, 5.74) is 0.507. The van der Waals surface area contributed by atoms with Crippen molar-refractivity contribution in [3.05, 3.63) is 24.3 Å². The number of carbonyl (C=O) groups is 1. The summed E-state index contributed by atoms with van der Waals surface area (Å²) in [5.74, 6) is -0.950. The van der Waals surface area contributed by atoms with Crippen LogP contribution in [0.25, 0.3) is 0 Å². The van der Waals surface area contributed by atoms with E-state index in [1.54, 1.807) is 6.07 Å². The molecular formula is C25H47F3NO4Si6. The van der Waals surface area contributed by atoms with Gasteiger partial charge in [0.2, 0.25) is 15.7 Å². The van der Waals surface area contributed by atoms with E-state index >= 15 is 0 Å². The number of carbonyl (C=O) groups excluding carboxylic acids is 1.